The van der Waals surface area contributed by atoms with Gasteiger partial charge in [-0.2, -0.15) is 0 Å². The molecule has 1 amide bonds. The second kappa shape index (κ2) is 10.2. The van der Waals surface area contributed by atoms with E-state index in [4.69, 9.17) is 9.47 Å². The predicted molar refractivity (Wildman–Crippen MR) is 134 cm³/mol. The smallest absolute Gasteiger partial charge is 0.258 e. The number of fused-ring (bicyclic) bond motifs is 1. The number of likely N-dealkylation sites (N-methyl/N-ethyl adjacent to an activating group) is 1. The third-order valence-corrected chi connectivity index (χ3v) is 5.64. The lowest BCUT2D eigenvalue weighted by molar-refractivity contribution is -0.110. The average Bonchev–Trinajstić information content (AvgIpc) is 3.17. The highest BCUT2D eigenvalue weighted by molar-refractivity contribution is 6.37. The standard InChI is InChI=1S/C27H29N3O3/c1-4-28-15-14-18-10-12-20(13-11-18)29-26(19-8-6-5-7-9-19)25-21-16-23(32-2)24(33-3)17-22(21)30-27(25)31/h5-13,16-17,28-29H,4,14-15H2,1-3H3,(H,30,31)/b26-25-. The molecule has 6 nitrogen and oxygen atoms in total. The molecule has 1 aliphatic heterocycles. The van der Waals surface area contributed by atoms with Crippen LogP contribution in [0, 0.1) is 0 Å². The maximum absolute atomic E-state index is 13.1. The van der Waals surface area contributed by atoms with Gasteiger partial charge in [0.05, 0.1) is 31.2 Å². The Balaban J connectivity index is 1.76. The first-order chi connectivity index (χ1) is 16.1. The molecular formula is C27H29N3O3. The zero-order chi connectivity index (χ0) is 23.2. The van der Waals surface area contributed by atoms with Crippen molar-refractivity contribution in [3.05, 3.63) is 83.4 Å². The molecule has 170 valence electrons. The lowest BCUT2D eigenvalue weighted by atomic mass is 9.99. The Morgan fingerprint density at radius 3 is 2.30 bits per heavy atom. The summed E-state index contributed by atoms with van der Waals surface area (Å²) in [6.45, 7) is 4.02. The topological polar surface area (TPSA) is 71.6 Å². The third-order valence-electron chi connectivity index (χ3n) is 5.64. The molecule has 4 rings (SSSR count). The normalized spacial score (nSPS) is 13.8. The van der Waals surface area contributed by atoms with Gasteiger partial charge in [0.1, 0.15) is 0 Å². The minimum Gasteiger partial charge on any atom is -0.493 e. The molecule has 1 aliphatic rings. The molecule has 6 heteroatoms. The van der Waals surface area contributed by atoms with E-state index in [0.717, 1.165) is 42.0 Å². The first-order valence-electron chi connectivity index (χ1n) is 11.1. The summed E-state index contributed by atoms with van der Waals surface area (Å²) < 4.78 is 10.9. The van der Waals surface area contributed by atoms with Gasteiger partial charge in [-0.3, -0.25) is 4.79 Å². The largest absolute Gasteiger partial charge is 0.493 e. The van der Waals surface area contributed by atoms with Gasteiger partial charge in [-0.1, -0.05) is 49.4 Å². The summed E-state index contributed by atoms with van der Waals surface area (Å²) in [5, 5.41) is 9.82. The molecule has 0 spiro atoms. The van der Waals surface area contributed by atoms with Crippen molar-refractivity contribution in [2.24, 2.45) is 0 Å². The van der Waals surface area contributed by atoms with E-state index < -0.39 is 0 Å². The van der Waals surface area contributed by atoms with Crippen molar-refractivity contribution in [2.45, 2.75) is 13.3 Å². The van der Waals surface area contributed by atoms with Gasteiger partial charge >= 0.3 is 0 Å². The van der Waals surface area contributed by atoms with Crippen LogP contribution in [-0.2, 0) is 11.2 Å². The van der Waals surface area contributed by atoms with Crippen molar-refractivity contribution in [2.75, 3.05) is 37.9 Å². The highest BCUT2D eigenvalue weighted by atomic mass is 16.5. The van der Waals surface area contributed by atoms with E-state index in [1.54, 1.807) is 20.3 Å². The first kappa shape index (κ1) is 22.4. The van der Waals surface area contributed by atoms with Gasteiger partial charge in [-0.15, -0.1) is 0 Å². The van der Waals surface area contributed by atoms with Gasteiger partial charge in [0.2, 0.25) is 0 Å². The van der Waals surface area contributed by atoms with Crippen LogP contribution in [-0.4, -0.2) is 33.2 Å². The van der Waals surface area contributed by atoms with E-state index in [0.29, 0.717) is 22.8 Å². The van der Waals surface area contributed by atoms with E-state index in [-0.39, 0.29) is 5.91 Å². The quantitative estimate of drug-likeness (QED) is 0.328. The SMILES string of the molecule is CCNCCc1ccc(N/C(=C2\C(=O)Nc3cc(OC)c(OC)cc32)c2ccccc2)cc1. The van der Waals surface area contributed by atoms with E-state index >= 15 is 0 Å². The number of rotatable bonds is 9. The number of hydrogen-bond acceptors (Lipinski definition) is 5. The molecule has 0 fully saturated rings. The van der Waals surface area contributed by atoms with E-state index in [1.807, 2.05) is 48.5 Å². The molecule has 3 N–H and O–H groups in total. The number of anilines is 2. The van der Waals surface area contributed by atoms with Crippen LogP contribution in [0.1, 0.15) is 23.6 Å². The van der Waals surface area contributed by atoms with Gasteiger partial charge in [0.15, 0.2) is 11.5 Å². The fourth-order valence-electron chi connectivity index (χ4n) is 3.94. The number of ether oxygens (including phenoxy) is 2. The molecule has 0 aliphatic carbocycles. The Bertz CT molecular complexity index is 1160. The number of carbonyl (C=O) groups excluding carboxylic acids is 1. The fourth-order valence-corrected chi connectivity index (χ4v) is 3.94. The number of hydrogen-bond donors (Lipinski definition) is 3. The summed E-state index contributed by atoms with van der Waals surface area (Å²) in [5.41, 5.74) is 5.86. The molecule has 0 radical (unpaired) electrons. The minimum absolute atomic E-state index is 0.172. The molecule has 33 heavy (non-hydrogen) atoms. The fraction of sp³-hybridized carbons (Fsp3) is 0.222. The van der Waals surface area contributed by atoms with Gasteiger partial charge in [-0.25, -0.2) is 0 Å². The lowest BCUT2D eigenvalue weighted by Crippen LogP contribution is -2.16. The maximum Gasteiger partial charge on any atom is 0.258 e. The summed E-state index contributed by atoms with van der Waals surface area (Å²) in [5.74, 6) is 0.969. The molecule has 0 unspecified atom stereocenters. The molecule has 1 heterocycles. The molecule has 0 aromatic heterocycles. The van der Waals surface area contributed by atoms with Crippen LogP contribution in [0.5, 0.6) is 11.5 Å². The predicted octanol–water partition coefficient (Wildman–Crippen LogP) is 4.79. The van der Waals surface area contributed by atoms with Gasteiger partial charge in [0, 0.05) is 17.3 Å². The molecule has 3 aromatic rings. The average molecular weight is 444 g/mol. The van der Waals surface area contributed by atoms with E-state index in [9.17, 15) is 4.79 Å². The van der Waals surface area contributed by atoms with Crippen molar-refractivity contribution in [3.63, 3.8) is 0 Å². The first-order valence-corrected chi connectivity index (χ1v) is 11.1. The van der Waals surface area contributed by atoms with Crippen LogP contribution in [0.3, 0.4) is 0 Å². The Hall–Kier alpha value is -3.77. The van der Waals surface area contributed by atoms with Gasteiger partial charge in [0.25, 0.3) is 5.91 Å². The third kappa shape index (κ3) is 4.86. The van der Waals surface area contributed by atoms with E-state index in [1.165, 1.54) is 5.56 Å². The molecule has 0 bridgehead atoms. The molecule has 0 saturated carbocycles. The van der Waals surface area contributed by atoms with Gasteiger partial charge in [-0.05, 0) is 48.8 Å². The second-order valence-electron chi connectivity index (χ2n) is 7.75. The Morgan fingerprint density at radius 1 is 0.939 bits per heavy atom. The van der Waals surface area contributed by atoms with Crippen molar-refractivity contribution in [1.29, 1.82) is 0 Å². The van der Waals surface area contributed by atoms with Crippen molar-refractivity contribution < 1.29 is 14.3 Å². The van der Waals surface area contributed by atoms with Crippen LogP contribution in [0.4, 0.5) is 11.4 Å². The second-order valence-corrected chi connectivity index (χ2v) is 7.75. The number of nitrogens with one attached hydrogen (secondary N) is 3. The zero-order valence-electron chi connectivity index (χ0n) is 19.2. The van der Waals surface area contributed by atoms with Crippen LogP contribution in [0.2, 0.25) is 0 Å². The Labute approximate surface area is 194 Å². The maximum atomic E-state index is 13.1. The Kier molecular flexibility index (Phi) is 6.95. The lowest BCUT2D eigenvalue weighted by Gasteiger charge is -2.16. The van der Waals surface area contributed by atoms with Crippen LogP contribution < -0.4 is 25.4 Å². The molecular weight excluding hydrogens is 414 g/mol. The van der Waals surface area contributed by atoms with Crippen LogP contribution in [0.25, 0.3) is 11.3 Å². The number of methoxy groups -OCH3 is 2. The van der Waals surface area contributed by atoms with E-state index in [2.05, 4.69) is 35.0 Å². The highest BCUT2D eigenvalue weighted by Crippen LogP contribution is 2.43. The molecule has 3 aromatic carbocycles. The van der Waals surface area contributed by atoms with Crippen molar-refractivity contribution in [1.82, 2.24) is 5.32 Å². The number of carbonyl (C=O) groups is 1. The minimum atomic E-state index is -0.172. The van der Waals surface area contributed by atoms with Crippen molar-refractivity contribution >= 4 is 28.6 Å². The van der Waals surface area contributed by atoms with Crippen LogP contribution >= 0.6 is 0 Å². The summed E-state index contributed by atoms with van der Waals surface area (Å²) in [6, 6.07) is 21.8. The van der Waals surface area contributed by atoms with Gasteiger partial charge < -0.3 is 25.4 Å². The monoisotopic (exact) mass is 443 g/mol. The number of benzene rings is 3. The zero-order valence-corrected chi connectivity index (χ0v) is 19.2. The highest BCUT2D eigenvalue weighted by Gasteiger charge is 2.30. The van der Waals surface area contributed by atoms with Crippen LogP contribution in [0.15, 0.2) is 66.7 Å². The summed E-state index contributed by atoms with van der Waals surface area (Å²) in [6.07, 6.45) is 0.970. The molecule has 0 atom stereocenters. The number of amides is 1. The van der Waals surface area contributed by atoms with Crippen molar-refractivity contribution in [3.8, 4) is 11.5 Å². The molecule has 0 saturated heterocycles. The summed E-state index contributed by atoms with van der Waals surface area (Å²) in [7, 11) is 3.17. The Morgan fingerprint density at radius 2 is 1.64 bits per heavy atom. The summed E-state index contributed by atoms with van der Waals surface area (Å²) >= 11 is 0. The summed E-state index contributed by atoms with van der Waals surface area (Å²) in [4.78, 5) is 13.1.